The van der Waals surface area contributed by atoms with E-state index < -0.39 is 95.8 Å². The van der Waals surface area contributed by atoms with Crippen LogP contribution in [-0.2, 0) is 73.7 Å². The zero-order chi connectivity index (χ0) is 88.0. The lowest BCUT2D eigenvalue weighted by molar-refractivity contribution is -0.161. The maximum absolute atomic E-state index is 14.7. The van der Waals surface area contributed by atoms with Crippen LogP contribution in [0.5, 0.6) is 0 Å². The molecule has 6 atom stereocenters. The fourth-order valence-electron chi connectivity index (χ4n) is 16.9. The smallest absolute Gasteiger partial charge is 0.419 e. The molecule has 120 heavy (non-hydrogen) atoms. The first-order valence-corrected chi connectivity index (χ1v) is 49.6. The number of aromatic nitrogens is 2. The molecule has 1 aliphatic rings. The van der Waals surface area contributed by atoms with E-state index in [9.17, 15) is 39.3 Å². The van der Waals surface area contributed by atoms with E-state index in [2.05, 4.69) is 165 Å². The number of para-hydroxylation sites is 2. The number of nitrogens with zero attached hydrogens (tertiary/aromatic N) is 2. The number of methoxy groups -OCH3 is 3. The van der Waals surface area contributed by atoms with Crippen molar-refractivity contribution in [1.29, 1.82) is 0 Å². The van der Waals surface area contributed by atoms with Gasteiger partial charge in [0, 0.05) is 55.5 Å². The number of hydrogen-bond acceptors (Lipinski definition) is 18. The Labute approximate surface area is 719 Å². The van der Waals surface area contributed by atoms with Crippen LogP contribution in [0, 0.1) is 11.8 Å². The van der Waals surface area contributed by atoms with Crippen molar-refractivity contribution in [3.8, 4) is 0 Å². The second-order valence-corrected chi connectivity index (χ2v) is 49.6. The van der Waals surface area contributed by atoms with E-state index in [1.807, 2.05) is 107 Å². The number of aliphatic hydroxyl groups is 3. The lowest BCUT2D eigenvalue weighted by Crippen LogP contribution is -2.67. The summed E-state index contributed by atoms with van der Waals surface area (Å²) in [5.41, 5.74) is 0.130. The Hall–Kier alpha value is -7.92. The molecule has 8 aromatic rings. The van der Waals surface area contributed by atoms with E-state index in [1.165, 1.54) is 43.2 Å². The number of esters is 3. The van der Waals surface area contributed by atoms with Crippen LogP contribution in [0.3, 0.4) is 0 Å². The minimum Gasteiger partial charge on any atom is -0.469 e. The molecule has 3 N–H and O–H groups in total. The van der Waals surface area contributed by atoms with Crippen LogP contribution in [0.4, 0.5) is 9.59 Å². The third-order valence-corrected chi connectivity index (χ3v) is 33.5. The second kappa shape index (κ2) is 44.4. The maximum Gasteiger partial charge on any atom is 0.419 e. The van der Waals surface area contributed by atoms with E-state index in [0.29, 0.717) is 72.5 Å². The van der Waals surface area contributed by atoms with Crippen molar-refractivity contribution in [2.24, 2.45) is 11.8 Å². The highest BCUT2D eigenvalue weighted by atomic mass is 28.4. The molecule has 660 valence electrons. The topological polar surface area (TPSA) is 248 Å². The molecule has 0 aliphatic carbocycles. The molecular weight excluding hydrogens is 1570 g/mol. The lowest BCUT2D eigenvalue weighted by Gasteiger charge is -2.45. The molecule has 0 bridgehead atoms. The predicted octanol–water partition coefficient (Wildman–Crippen LogP) is 18.3. The molecule has 1 fully saturated rings. The van der Waals surface area contributed by atoms with Gasteiger partial charge in [-0.1, -0.05) is 227 Å². The Morgan fingerprint density at radius 1 is 0.508 bits per heavy atom. The highest BCUT2D eigenvalue weighted by molar-refractivity contribution is 7.00. The highest BCUT2D eigenvalue weighted by Crippen LogP contribution is 2.46. The summed E-state index contributed by atoms with van der Waals surface area (Å²) in [6, 6.07) is 56.9. The number of rotatable bonds is 34. The van der Waals surface area contributed by atoms with Crippen molar-refractivity contribution in [2.75, 3.05) is 61.0 Å². The molecule has 0 radical (unpaired) electrons. The Kier molecular flexibility index (Phi) is 37.3. The van der Waals surface area contributed by atoms with Crippen LogP contribution in [0.25, 0.3) is 21.8 Å². The van der Waals surface area contributed by atoms with Crippen molar-refractivity contribution in [3.63, 3.8) is 0 Å². The summed E-state index contributed by atoms with van der Waals surface area (Å²) < 4.78 is 64.9. The molecule has 3 heterocycles. The third-order valence-electron chi connectivity index (χ3n) is 22.4. The maximum atomic E-state index is 14.7. The SMILES string of the molecule is C.CCC(CC)(C[C@H](CO[Si](c1ccccc1)(c1ccccc1)C(C)(C)C)CC(C(=O)OC)c1c(CCOC2CCCCO2)c2ccccc2n1C(=O)OC(C)(C)C)O[Si](C)(C)C.CC[C@@](O)(CO)C[C@H](CO[Si](c1ccccc1)(c1ccccc1)C(C)(C)C)CC(C(=O)OC)c1c(CCO)c2ccccc2n1C(=O)OC(C)(C)C.COC(C)=O. The Morgan fingerprint density at radius 2 is 0.875 bits per heavy atom. The summed E-state index contributed by atoms with van der Waals surface area (Å²) in [6.45, 7) is 39.5. The standard InChI is InChI=1S/C51H75NO8Si2.C42H57NO8Si.C3H6O2.CH4/c1-13-51(14-2,60-61(10,11)12)36-38(37-58-62(50(6,7)8,39-25-17-15-18-26-39)40-27-19-16-20-28-40)35-43(47(53)55-9)46-42(32-34-57-45-31-23-24-33-56-45)41-29-21-22-30-44(41)52(46)48(54)59-49(3,4)5;1-9-42(48,29-45)27-30(28-50-52(41(5,6)7,31-18-12-10-13-19-31)32-20-14-11-15-21-32)26-35(38(46)49-8)37-34(24-25-44)33-22-16-17-23-36(33)43(37)39(47)51-40(2,3)4;1-3(4)5-2;/h15-22,25-30,38,43,45H,13-14,23-24,31-37H2,1-12H3;10-23,30,35,44-45,48H,9,24-29H2,1-8H3;1-2H3;1H4/t38-,43?,45?;30-,35?,42+;;/m11../s1. The van der Waals surface area contributed by atoms with Gasteiger partial charge in [-0.15, -0.1) is 0 Å². The number of carbonyl (C=O) groups excluding carboxylic acids is 5. The zero-order valence-corrected chi connectivity index (χ0v) is 78.1. The van der Waals surface area contributed by atoms with Gasteiger partial charge in [-0.05, 0) is 204 Å². The Morgan fingerprint density at radius 3 is 1.18 bits per heavy atom. The van der Waals surface area contributed by atoms with Crippen LogP contribution in [0.15, 0.2) is 170 Å². The number of fused-ring (bicyclic) bond motifs is 2. The van der Waals surface area contributed by atoms with Gasteiger partial charge in [0.25, 0.3) is 16.6 Å². The average Bonchev–Trinajstić information content (AvgIpc) is 1.76. The first-order chi connectivity index (χ1) is 56.1. The summed E-state index contributed by atoms with van der Waals surface area (Å²) in [5, 5.41) is 37.8. The van der Waals surface area contributed by atoms with Gasteiger partial charge in [-0.2, -0.15) is 0 Å². The van der Waals surface area contributed by atoms with Crippen LogP contribution in [-0.4, -0.2) is 169 Å². The molecule has 2 aromatic heterocycles. The van der Waals surface area contributed by atoms with E-state index in [-0.39, 0.29) is 74.6 Å². The van der Waals surface area contributed by atoms with Gasteiger partial charge >= 0.3 is 30.1 Å². The van der Waals surface area contributed by atoms with Crippen molar-refractivity contribution >= 4 is 97.6 Å². The number of hydrogen-bond donors (Lipinski definition) is 3. The minimum atomic E-state index is -3.05. The Balaban J connectivity index is 0.000000354. The highest BCUT2D eigenvalue weighted by Gasteiger charge is 2.53. The summed E-state index contributed by atoms with van der Waals surface area (Å²) in [5.74, 6) is -3.80. The number of aliphatic hydroxyl groups excluding tert-OH is 2. The van der Waals surface area contributed by atoms with Gasteiger partial charge in [-0.25, -0.2) is 18.7 Å². The Bertz CT molecular complexity index is 4420. The second-order valence-electron chi connectivity index (χ2n) is 36.5. The lowest BCUT2D eigenvalue weighted by atomic mass is 9.80. The third kappa shape index (κ3) is 25.9. The van der Waals surface area contributed by atoms with Crippen molar-refractivity contribution in [2.45, 2.75) is 266 Å². The van der Waals surface area contributed by atoms with Gasteiger partial charge in [0.05, 0.1) is 68.6 Å². The summed E-state index contributed by atoms with van der Waals surface area (Å²) in [4.78, 5) is 67.0. The first kappa shape index (κ1) is 101. The predicted molar refractivity (Wildman–Crippen MR) is 488 cm³/mol. The van der Waals surface area contributed by atoms with Crippen LogP contribution in [0.1, 0.15) is 217 Å². The molecule has 3 unspecified atom stereocenters. The molecule has 1 saturated heterocycles. The summed E-state index contributed by atoms with van der Waals surface area (Å²) in [6.07, 6.45) is 5.17. The summed E-state index contributed by atoms with van der Waals surface area (Å²) in [7, 11) is -4.01. The van der Waals surface area contributed by atoms with Gasteiger partial charge < -0.3 is 61.8 Å². The largest absolute Gasteiger partial charge is 0.469 e. The number of ether oxygens (including phenoxy) is 7. The monoisotopic (exact) mass is 1710 g/mol. The van der Waals surface area contributed by atoms with Crippen molar-refractivity contribution in [3.05, 3.63) is 192 Å². The average molecular weight is 1710 g/mol. The molecule has 6 aromatic carbocycles. The fraction of sp³-hybridized carbons (Fsp3) is 0.536. The fourth-order valence-corrected chi connectivity index (χ4v) is 27.9. The molecule has 20 nitrogen and oxygen atoms in total. The van der Waals surface area contributed by atoms with E-state index in [1.54, 1.807) is 31.4 Å². The van der Waals surface area contributed by atoms with Gasteiger partial charge in [0.15, 0.2) is 14.6 Å². The van der Waals surface area contributed by atoms with Crippen LogP contribution >= 0.6 is 0 Å². The molecule has 0 saturated carbocycles. The molecule has 1 aliphatic heterocycles. The number of benzene rings is 6. The quantitative estimate of drug-likeness (QED) is 0.0193. The van der Waals surface area contributed by atoms with Crippen LogP contribution < -0.4 is 20.7 Å². The molecule has 0 spiro atoms. The molecular formula is C97H142N2O18Si3. The minimum absolute atomic E-state index is 0. The van der Waals surface area contributed by atoms with Crippen molar-refractivity contribution < 1.29 is 85.7 Å². The van der Waals surface area contributed by atoms with E-state index in [0.717, 1.165) is 53.4 Å². The van der Waals surface area contributed by atoms with Crippen LogP contribution in [0.2, 0.25) is 29.7 Å². The van der Waals surface area contributed by atoms with E-state index >= 15 is 0 Å². The first-order valence-electron chi connectivity index (χ1n) is 42.4. The normalized spacial score (nSPS) is 15.3. The number of carbonyl (C=O) groups is 5. The molecule has 23 heteroatoms. The molecule has 9 rings (SSSR count). The summed E-state index contributed by atoms with van der Waals surface area (Å²) >= 11 is 0. The van der Waals surface area contributed by atoms with Gasteiger partial charge in [-0.3, -0.25) is 14.4 Å². The van der Waals surface area contributed by atoms with E-state index in [4.69, 9.17) is 41.7 Å². The van der Waals surface area contributed by atoms with Gasteiger partial charge in [0.2, 0.25) is 0 Å². The molecule has 0 amide bonds. The zero-order valence-electron chi connectivity index (χ0n) is 75.1. The van der Waals surface area contributed by atoms with Crippen molar-refractivity contribution in [1.82, 2.24) is 9.13 Å². The van der Waals surface area contributed by atoms with Gasteiger partial charge in [0.1, 0.15) is 11.2 Å².